The zero-order valence-electron chi connectivity index (χ0n) is 16.9. The Balaban J connectivity index is 1.51. The first kappa shape index (κ1) is 21.0. The lowest BCUT2D eigenvalue weighted by molar-refractivity contribution is -0.161. The van der Waals surface area contributed by atoms with E-state index >= 15 is 0 Å². The smallest absolute Gasteiger partial charge is 0.307 e. The standard InChI is InChI=1S/C22H27FN2O4/c1-3-16-8-6-7-13-25(16)22(27)15(2)28-21(26)12-11-20-24-14-19(29-20)17-9-4-5-10-18(17)23/h4-5,9-10,14-16H,3,6-8,11-13H2,1-2H3. The number of nitrogens with zero attached hydrogens (tertiary/aromatic N) is 2. The third-order valence-corrected chi connectivity index (χ3v) is 5.27. The molecule has 1 amide bonds. The van der Waals surface area contributed by atoms with Crippen LogP contribution in [0.15, 0.2) is 34.9 Å². The number of aromatic nitrogens is 1. The molecule has 1 aliphatic rings. The first-order valence-corrected chi connectivity index (χ1v) is 10.2. The summed E-state index contributed by atoms with van der Waals surface area (Å²) >= 11 is 0. The van der Waals surface area contributed by atoms with E-state index in [1.54, 1.807) is 25.1 Å². The van der Waals surface area contributed by atoms with Crippen molar-refractivity contribution in [3.05, 3.63) is 42.2 Å². The van der Waals surface area contributed by atoms with Crippen LogP contribution in [0, 0.1) is 5.82 Å². The quantitative estimate of drug-likeness (QED) is 0.651. The molecular formula is C22H27FN2O4. The molecule has 1 aliphatic heterocycles. The summed E-state index contributed by atoms with van der Waals surface area (Å²) in [5.74, 6) is -0.388. The number of oxazole rings is 1. The molecule has 1 saturated heterocycles. The van der Waals surface area contributed by atoms with Gasteiger partial charge in [-0.05, 0) is 44.7 Å². The molecule has 0 radical (unpaired) electrons. The van der Waals surface area contributed by atoms with Crippen molar-refractivity contribution in [1.29, 1.82) is 0 Å². The van der Waals surface area contributed by atoms with Gasteiger partial charge in [0.25, 0.3) is 5.91 Å². The van der Waals surface area contributed by atoms with Crippen LogP contribution in [0.1, 0.15) is 51.8 Å². The van der Waals surface area contributed by atoms with Crippen molar-refractivity contribution < 1.29 is 23.1 Å². The summed E-state index contributed by atoms with van der Waals surface area (Å²) in [6.07, 6.45) is 4.89. The van der Waals surface area contributed by atoms with Crippen molar-refractivity contribution in [3.63, 3.8) is 0 Å². The maximum Gasteiger partial charge on any atom is 0.307 e. The van der Waals surface area contributed by atoms with Crippen LogP contribution in [0.25, 0.3) is 11.3 Å². The van der Waals surface area contributed by atoms with E-state index in [1.807, 2.05) is 4.90 Å². The van der Waals surface area contributed by atoms with Gasteiger partial charge in [-0.25, -0.2) is 9.37 Å². The van der Waals surface area contributed by atoms with Crippen molar-refractivity contribution in [2.45, 2.75) is 64.5 Å². The molecule has 156 valence electrons. The molecule has 0 saturated carbocycles. The normalized spacial score (nSPS) is 17.8. The number of hydrogen-bond acceptors (Lipinski definition) is 5. The molecule has 1 aromatic carbocycles. The molecular weight excluding hydrogens is 375 g/mol. The van der Waals surface area contributed by atoms with E-state index < -0.39 is 17.9 Å². The fraction of sp³-hybridized carbons (Fsp3) is 0.500. The zero-order chi connectivity index (χ0) is 20.8. The summed E-state index contributed by atoms with van der Waals surface area (Å²) in [5, 5.41) is 0. The summed E-state index contributed by atoms with van der Waals surface area (Å²) in [7, 11) is 0. The number of halogens is 1. The van der Waals surface area contributed by atoms with Crippen LogP contribution in [0.3, 0.4) is 0 Å². The lowest BCUT2D eigenvalue weighted by Crippen LogP contribution is -2.48. The fourth-order valence-electron chi connectivity index (χ4n) is 3.68. The summed E-state index contributed by atoms with van der Waals surface area (Å²) in [4.78, 5) is 30.8. The monoisotopic (exact) mass is 402 g/mol. The van der Waals surface area contributed by atoms with Gasteiger partial charge in [-0.15, -0.1) is 0 Å². The van der Waals surface area contributed by atoms with Gasteiger partial charge < -0.3 is 14.1 Å². The van der Waals surface area contributed by atoms with Crippen LogP contribution < -0.4 is 0 Å². The van der Waals surface area contributed by atoms with E-state index in [2.05, 4.69) is 11.9 Å². The molecule has 7 heteroatoms. The van der Waals surface area contributed by atoms with Gasteiger partial charge in [0.1, 0.15) is 5.82 Å². The Morgan fingerprint density at radius 1 is 1.34 bits per heavy atom. The predicted molar refractivity (Wildman–Crippen MR) is 105 cm³/mol. The van der Waals surface area contributed by atoms with E-state index in [0.29, 0.717) is 23.8 Å². The Hall–Kier alpha value is -2.70. The Bertz CT molecular complexity index is 851. The van der Waals surface area contributed by atoms with Crippen molar-refractivity contribution in [1.82, 2.24) is 9.88 Å². The average molecular weight is 402 g/mol. The number of carbonyl (C=O) groups excluding carboxylic acids is 2. The van der Waals surface area contributed by atoms with E-state index in [4.69, 9.17) is 9.15 Å². The molecule has 0 N–H and O–H groups in total. The van der Waals surface area contributed by atoms with E-state index in [0.717, 1.165) is 25.7 Å². The summed E-state index contributed by atoms with van der Waals surface area (Å²) < 4.78 is 24.7. The Morgan fingerprint density at radius 2 is 2.14 bits per heavy atom. The molecule has 2 heterocycles. The van der Waals surface area contributed by atoms with Crippen molar-refractivity contribution in [2.24, 2.45) is 0 Å². The van der Waals surface area contributed by atoms with Gasteiger partial charge in [0.2, 0.25) is 0 Å². The second-order valence-corrected chi connectivity index (χ2v) is 7.32. The van der Waals surface area contributed by atoms with Crippen molar-refractivity contribution in [2.75, 3.05) is 6.54 Å². The topological polar surface area (TPSA) is 72.6 Å². The van der Waals surface area contributed by atoms with Crippen LogP contribution in [0.2, 0.25) is 0 Å². The number of benzene rings is 1. The van der Waals surface area contributed by atoms with Gasteiger partial charge in [0.15, 0.2) is 17.8 Å². The van der Waals surface area contributed by atoms with Gasteiger partial charge in [0.05, 0.1) is 18.2 Å². The minimum atomic E-state index is -0.812. The summed E-state index contributed by atoms with van der Waals surface area (Å²) in [6.45, 7) is 4.40. The maximum absolute atomic E-state index is 13.8. The highest BCUT2D eigenvalue weighted by molar-refractivity contribution is 5.83. The molecule has 6 nitrogen and oxygen atoms in total. The lowest BCUT2D eigenvalue weighted by atomic mass is 9.99. The van der Waals surface area contributed by atoms with Gasteiger partial charge in [0, 0.05) is 19.0 Å². The Kier molecular flexibility index (Phi) is 7.01. The van der Waals surface area contributed by atoms with Gasteiger partial charge in [-0.1, -0.05) is 19.1 Å². The molecule has 2 unspecified atom stereocenters. The van der Waals surface area contributed by atoms with Crippen LogP contribution in [0.4, 0.5) is 4.39 Å². The number of carbonyl (C=O) groups is 2. The number of piperidine rings is 1. The molecule has 0 bridgehead atoms. The minimum Gasteiger partial charge on any atom is -0.453 e. The summed E-state index contributed by atoms with van der Waals surface area (Å²) in [5.41, 5.74) is 0.319. The number of amides is 1. The van der Waals surface area contributed by atoms with Crippen LogP contribution >= 0.6 is 0 Å². The largest absolute Gasteiger partial charge is 0.453 e. The second-order valence-electron chi connectivity index (χ2n) is 7.32. The molecule has 0 aliphatic carbocycles. The highest BCUT2D eigenvalue weighted by Gasteiger charge is 2.30. The molecule has 1 aromatic heterocycles. The number of aryl methyl sites for hydroxylation is 1. The van der Waals surface area contributed by atoms with E-state index in [-0.39, 0.29) is 24.8 Å². The fourth-order valence-corrected chi connectivity index (χ4v) is 3.68. The second kappa shape index (κ2) is 9.67. The minimum absolute atomic E-state index is 0.0338. The number of ether oxygens (including phenoxy) is 1. The van der Waals surface area contributed by atoms with Gasteiger partial charge in [-0.2, -0.15) is 0 Å². The van der Waals surface area contributed by atoms with E-state index in [9.17, 15) is 14.0 Å². The molecule has 2 atom stereocenters. The molecule has 29 heavy (non-hydrogen) atoms. The Labute approximate surface area is 170 Å². The molecule has 3 rings (SSSR count). The first-order chi connectivity index (χ1) is 14.0. The number of likely N-dealkylation sites (tertiary alicyclic amines) is 1. The lowest BCUT2D eigenvalue weighted by Gasteiger charge is -2.36. The first-order valence-electron chi connectivity index (χ1n) is 10.2. The molecule has 2 aromatic rings. The van der Waals surface area contributed by atoms with Crippen molar-refractivity contribution in [3.8, 4) is 11.3 Å². The zero-order valence-corrected chi connectivity index (χ0v) is 16.9. The number of rotatable bonds is 7. The number of hydrogen-bond donors (Lipinski definition) is 0. The van der Waals surface area contributed by atoms with Crippen LogP contribution in [-0.2, 0) is 20.7 Å². The molecule has 0 spiro atoms. The van der Waals surface area contributed by atoms with Crippen molar-refractivity contribution >= 4 is 11.9 Å². The maximum atomic E-state index is 13.8. The highest BCUT2D eigenvalue weighted by Crippen LogP contribution is 2.24. The van der Waals surface area contributed by atoms with Crippen LogP contribution in [0.5, 0.6) is 0 Å². The summed E-state index contributed by atoms with van der Waals surface area (Å²) in [6, 6.07) is 6.48. The van der Waals surface area contributed by atoms with E-state index in [1.165, 1.54) is 12.3 Å². The SMILES string of the molecule is CCC1CCCCN1C(=O)C(C)OC(=O)CCc1ncc(-c2ccccc2F)o1. The van der Waals surface area contributed by atoms with Gasteiger partial charge in [-0.3, -0.25) is 9.59 Å². The highest BCUT2D eigenvalue weighted by atomic mass is 19.1. The predicted octanol–water partition coefficient (Wildman–Crippen LogP) is 4.14. The van der Waals surface area contributed by atoms with Crippen LogP contribution in [-0.4, -0.2) is 40.5 Å². The van der Waals surface area contributed by atoms with Gasteiger partial charge >= 0.3 is 5.97 Å². The number of esters is 1. The third-order valence-electron chi connectivity index (χ3n) is 5.27. The Morgan fingerprint density at radius 3 is 2.90 bits per heavy atom. The third kappa shape index (κ3) is 5.22. The molecule has 1 fully saturated rings. The average Bonchev–Trinajstić information content (AvgIpc) is 3.20.